The monoisotopic (exact) mass is 379 g/mol. The number of para-hydroxylation sites is 1. The zero-order valence-corrected chi connectivity index (χ0v) is 16.6. The molecule has 1 heterocycles. The van der Waals surface area contributed by atoms with Gasteiger partial charge < -0.3 is 9.42 Å². The van der Waals surface area contributed by atoms with Crippen molar-refractivity contribution in [1.82, 2.24) is 10.1 Å². The van der Waals surface area contributed by atoms with Crippen molar-refractivity contribution >= 4 is 21.4 Å². The second-order valence-corrected chi connectivity index (χ2v) is 9.55. The fourth-order valence-corrected chi connectivity index (χ4v) is 3.54. The lowest BCUT2D eigenvalue weighted by molar-refractivity contribution is -0.116. The third-order valence-electron chi connectivity index (χ3n) is 3.65. The van der Waals surface area contributed by atoms with E-state index >= 15 is 0 Å². The Hall–Kier alpha value is -2.22. The Balaban J connectivity index is 2.14. The van der Waals surface area contributed by atoms with E-state index in [1.165, 1.54) is 4.90 Å². The van der Waals surface area contributed by atoms with Gasteiger partial charge in [0.2, 0.25) is 11.8 Å². The molecule has 0 radical (unpaired) electrons. The summed E-state index contributed by atoms with van der Waals surface area (Å²) < 4.78 is 29.9. The van der Waals surface area contributed by atoms with Crippen LogP contribution in [0, 0.1) is 0 Å². The lowest BCUT2D eigenvalue weighted by Gasteiger charge is -2.26. The SMILES string of the molecule is CC(C)N(C(=O)CS(=O)(=O)Cc1nc(C(C)(C)C)no1)c1ccccc1. The molecule has 2 aromatic rings. The Morgan fingerprint density at radius 1 is 1.19 bits per heavy atom. The van der Waals surface area contributed by atoms with Crippen molar-refractivity contribution in [1.29, 1.82) is 0 Å². The van der Waals surface area contributed by atoms with E-state index in [9.17, 15) is 13.2 Å². The van der Waals surface area contributed by atoms with Crippen LogP contribution in [0.5, 0.6) is 0 Å². The van der Waals surface area contributed by atoms with Crippen molar-refractivity contribution in [2.75, 3.05) is 10.7 Å². The molecule has 0 bridgehead atoms. The average Bonchev–Trinajstić information content (AvgIpc) is 2.95. The highest BCUT2D eigenvalue weighted by atomic mass is 32.2. The van der Waals surface area contributed by atoms with Gasteiger partial charge in [0.1, 0.15) is 11.5 Å². The number of rotatable bonds is 6. The molecule has 0 aliphatic rings. The molecule has 0 saturated heterocycles. The molecule has 142 valence electrons. The summed E-state index contributed by atoms with van der Waals surface area (Å²) in [5, 5.41) is 3.82. The van der Waals surface area contributed by atoms with Gasteiger partial charge in [0.15, 0.2) is 15.7 Å². The van der Waals surface area contributed by atoms with E-state index < -0.39 is 27.3 Å². The maximum absolute atomic E-state index is 12.6. The summed E-state index contributed by atoms with van der Waals surface area (Å²) >= 11 is 0. The van der Waals surface area contributed by atoms with Crippen molar-refractivity contribution in [3.8, 4) is 0 Å². The van der Waals surface area contributed by atoms with Crippen LogP contribution in [-0.2, 0) is 25.8 Å². The van der Waals surface area contributed by atoms with Crippen LogP contribution in [0.15, 0.2) is 34.9 Å². The minimum atomic E-state index is -3.74. The topological polar surface area (TPSA) is 93.4 Å². The first-order valence-electron chi connectivity index (χ1n) is 8.40. The summed E-state index contributed by atoms with van der Waals surface area (Å²) in [6.07, 6.45) is 0. The molecule has 2 rings (SSSR count). The predicted molar refractivity (Wildman–Crippen MR) is 99.6 cm³/mol. The molecule has 0 N–H and O–H groups in total. The number of hydrogen-bond acceptors (Lipinski definition) is 6. The minimum Gasteiger partial charge on any atom is -0.338 e. The van der Waals surface area contributed by atoms with E-state index in [-0.39, 0.29) is 17.3 Å². The number of hydrogen-bond donors (Lipinski definition) is 0. The summed E-state index contributed by atoms with van der Waals surface area (Å²) in [7, 11) is -3.74. The Bertz CT molecular complexity index is 852. The van der Waals surface area contributed by atoms with Crippen LogP contribution in [0.4, 0.5) is 5.69 Å². The number of anilines is 1. The summed E-state index contributed by atoms with van der Waals surface area (Å²) in [6.45, 7) is 9.39. The molecule has 0 saturated carbocycles. The largest absolute Gasteiger partial charge is 0.338 e. The first kappa shape index (κ1) is 20.1. The van der Waals surface area contributed by atoms with E-state index in [1.54, 1.807) is 24.3 Å². The Morgan fingerprint density at radius 3 is 2.31 bits per heavy atom. The Labute approximate surface area is 154 Å². The first-order valence-corrected chi connectivity index (χ1v) is 10.2. The van der Waals surface area contributed by atoms with Gasteiger partial charge in [-0.05, 0) is 26.0 Å². The predicted octanol–water partition coefficient (Wildman–Crippen LogP) is 2.72. The van der Waals surface area contributed by atoms with Gasteiger partial charge in [-0.2, -0.15) is 4.98 Å². The highest BCUT2D eigenvalue weighted by Crippen LogP contribution is 2.20. The molecule has 0 atom stereocenters. The molecular weight excluding hydrogens is 354 g/mol. The van der Waals surface area contributed by atoms with E-state index in [4.69, 9.17) is 4.52 Å². The van der Waals surface area contributed by atoms with Gasteiger partial charge in [0.25, 0.3) is 0 Å². The van der Waals surface area contributed by atoms with Crippen molar-refractivity contribution < 1.29 is 17.7 Å². The fraction of sp³-hybridized carbons (Fsp3) is 0.500. The fourth-order valence-electron chi connectivity index (χ4n) is 2.43. The summed E-state index contributed by atoms with van der Waals surface area (Å²) in [5.74, 6) is -1.13. The van der Waals surface area contributed by atoms with Gasteiger partial charge >= 0.3 is 0 Å². The van der Waals surface area contributed by atoms with Crippen molar-refractivity contribution in [2.24, 2.45) is 0 Å². The maximum atomic E-state index is 12.6. The Morgan fingerprint density at radius 2 is 1.81 bits per heavy atom. The Kier molecular flexibility index (Phi) is 5.85. The van der Waals surface area contributed by atoms with Crippen LogP contribution in [0.3, 0.4) is 0 Å². The number of nitrogens with zero attached hydrogens (tertiary/aromatic N) is 3. The van der Waals surface area contributed by atoms with Gasteiger partial charge in [-0.1, -0.05) is 44.1 Å². The van der Waals surface area contributed by atoms with Gasteiger partial charge in [-0.3, -0.25) is 4.79 Å². The van der Waals surface area contributed by atoms with Crippen LogP contribution in [0.25, 0.3) is 0 Å². The second-order valence-electron chi connectivity index (χ2n) is 7.49. The molecular formula is C18H25N3O4S. The number of aromatic nitrogens is 2. The number of amides is 1. The highest BCUT2D eigenvalue weighted by molar-refractivity contribution is 7.91. The minimum absolute atomic E-state index is 0.00136. The molecule has 1 aromatic heterocycles. The third kappa shape index (κ3) is 5.14. The number of benzene rings is 1. The molecule has 0 fully saturated rings. The number of carbonyl (C=O) groups is 1. The van der Waals surface area contributed by atoms with Gasteiger partial charge in [-0.15, -0.1) is 0 Å². The molecule has 0 aliphatic heterocycles. The van der Waals surface area contributed by atoms with Crippen molar-refractivity contribution in [3.63, 3.8) is 0 Å². The van der Waals surface area contributed by atoms with Crippen molar-refractivity contribution in [3.05, 3.63) is 42.0 Å². The standard InChI is InChI=1S/C18H25N3O4S/c1-13(2)21(14-9-7-6-8-10-14)16(22)12-26(23,24)11-15-19-17(20-25-15)18(3,4)5/h6-10,13H,11-12H2,1-5H3. The zero-order chi connectivity index (χ0) is 19.5. The molecule has 7 nitrogen and oxygen atoms in total. The maximum Gasteiger partial charge on any atom is 0.242 e. The van der Waals surface area contributed by atoms with Crippen LogP contribution in [0.2, 0.25) is 0 Å². The van der Waals surface area contributed by atoms with Crippen LogP contribution >= 0.6 is 0 Å². The van der Waals surface area contributed by atoms with Gasteiger partial charge in [0, 0.05) is 17.1 Å². The lowest BCUT2D eigenvalue weighted by atomic mass is 9.96. The zero-order valence-electron chi connectivity index (χ0n) is 15.8. The summed E-state index contributed by atoms with van der Waals surface area (Å²) in [5.41, 5.74) is 0.318. The van der Waals surface area contributed by atoms with Crippen LogP contribution in [-0.4, -0.2) is 36.3 Å². The molecule has 8 heteroatoms. The lowest BCUT2D eigenvalue weighted by Crippen LogP contribution is -2.40. The molecule has 1 amide bonds. The van der Waals surface area contributed by atoms with E-state index in [1.807, 2.05) is 40.7 Å². The molecule has 0 unspecified atom stereocenters. The quantitative estimate of drug-likeness (QED) is 0.766. The highest BCUT2D eigenvalue weighted by Gasteiger charge is 2.28. The van der Waals surface area contributed by atoms with E-state index in [2.05, 4.69) is 10.1 Å². The van der Waals surface area contributed by atoms with Crippen LogP contribution in [0.1, 0.15) is 46.3 Å². The van der Waals surface area contributed by atoms with E-state index in [0.29, 0.717) is 11.5 Å². The average molecular weight is 379 g/mol. The normalized spacial score (nSPS) is 12.4. The first-order chi connectivity index (χ1) is 12.0. The van der Waals surface area contributed by atoms with Crippen LogP contribution < -0.4 is 4.90 Å². The number of carbonyl (C=O) groups excluding carboxylic acids is 1. The molecule has 0 aliphatic carbocycles. The van der Waals surface area contributed by atoms with Crippen molar-refractivity contribution in [2.45, 2.75) is 51.8 Å². The second kappa shape index (κ2) is 7.57. The molecule has 1 aromatic carbocycles. The molecule has 0 spiro atoms. The van der Waals surface area contributed by atoms with Gasteiger partial charge in [-0.25, -0.2) is 8.42 Å². The van der Waals surface area contributed by atoms with E-state index in [0.717, 1.165) is 0 Å². The number of sulfone groups is 1. The smallest absolute Gasteiger partial charge is 0.242 e. The summed E-state index contributed by atoms with van der Waals surface area (Å²) in [6, 6.07) is 8.83. The molecule has 26 heavy (non-hydrogen) atoms. The van der Waals surface area contributed by atoms with Gasteiger partial charge in [0.05, 0.1) is 0 Å². The summed E-state index contributed by atoms with van der Waals surface area (Å²) in [4.78, 5) is 18.2. The third-order valence-corrected chi connectivity index (χ3v) is 5.02.